The number of imide groups is 1. The van der Waals surface area contributed by atoms with E-state index in [0.717, 1.165) is 24.3 Å². The molecule has 7 nitrogen and oxygen atoms in total. The Labute approximate surface area is 157 Å². The molecule has 2 amide bonds. The van der Waals surface area contributed by atoms with Gasteiger partial charge in [0.05, 0.1) is 11.1 Å². The van der Waals surface area contributed by atoms with Crippen LogP contribution >= 0.6 is 0 Å². The van der Waals surface area contributed by atoms with E-state index in [4.69, 9.17) is 0 Å². The predicted molar refractivity (Wildman–Crippen MR) is 95.9 cm³/mol. The van der Waals surface area contributed by atoms with Crippen LogP contribution in [0.25, 0.3) is 0 Å². The molecule has 1 heterocycles. The van der Waals surface area contributed by atoms with Crippen molar-refractivity contribution in [3.05, 3.63) is 71.8 Å². The number of amides is 2. The van der Waals surface area contributed by atoms with Crippen LogP contribution in [0.5, 0.6) is 0 Å². The molecular weight excluding hydrogens is 390 g/mol. The van der Waals surface area contributed by atoms with Crippen molar-refractivity contribution in [2.45, 2.75) is 23.6 Å². The average molecular weight is 406 g/mol. The standard InChI is InChI=1S/C18H16NO6S2/c1-13-14(2)18(21)19(17(13)20,26(22,23)15-9-5-3-6-10-15)27(24,25)16-11-7-4-8-12-16/h3-12H,1-2H3/q+1. The maximum absolute atomic E-state index is 13.4. The second-order valence-electron chi connectivity index (χ2n) is 5.99. The van der Waals surface area contributed by atoms with Crippen molar-refractivity contribution in [1.82, 2.24) is 0 Å². The summed E-state index contributed by atoms with van der Waals surface area (Å²) >= 11 is 0. The first-order chi connectivity index (χ1) is 12.6. The SMILES string of the molecule is CC1=C(C)C(=O)[N+](S(=O)(=O)c2ccccc2)(S(=O)(=O)c2ccccc2)C1=O. The van der Waals surface area contributed by atoms with Gasteiger partial charge >= 0.3 is 31.9 Å². The highest BCUT2D eigenvalue weighted by atomic mass is 32.3. The molecule has 0 saturated heterocycles. The molecule has 9 heteroatoms. The van der Waals surface area contributed by atoms with Crippen molar-refractivity contribution >= 4 is 31.9 Å². The summed E-state index contributed by atoms with van der Waals surface area (Å²) in [6.45, 7) is 2.49. The summed E-state index contributed by atoms with van der Waals surface area (Å²) in [5.41, 5.74) is -0.391. The van der Waals surface area contributed by atoms with Gasteiger partial charge in [-0.25, -0.2) is 9.59 Å². The molecule has 0 spiro atoms. The minimum absolute atomic E-state index is 0.195. The van der Waals surface area contributed by atoms with Crippen molar-refractivity contribution < 1.29 is 29.7 Å². The summed E-state index contributed by atoms with van der Waals surface area (Å²) in [4.78, 5) is 25.2. The van der Waals surface area contributed by atoms with Gasteiger partial charge in [0.2, 0.25) is 0 Å². The summed E-state index contributed by atoms with van der Waals surface area (Å²) < 4.78 is 51.3. The molecule has 1 aliphatic rings. The van der Waals surface area contributed by atoms with Gasteiger partial charge in [-0.3, -0.25) is 0 Å². The number of carbonyl (C=O) groups is 2. The number of sulfonamides is 2. The van der Waals surface area contributed by atoms with Crippen LogP contribution in [-0.2, 0) is 29.6 Å². The third kappa shape index (κ3) is 2.35. The molecule has 0 saturated carbocycles. The van der Waals surface area contributed by atoms with E-state index in [1.807, 2.05) is 0 Å². The number of benzene rings is 2. The zero-order chi connectivity index (χ0) is 20.0. The first-order valence-corrected chi connectivity index (χ1v) is 10.7. The fourth-order valence-electron chi connectivity index (χ4n) is 2.90. The topological polar surface area (TPSA) is 102 Å². The average Bonchev–Trinajstić information content (AvgIpc) is 2.85. The van der Waals surface area contributed by atoms with Gasteiger partial charge in [-0.2, -0.15) is 16.8 Å². The molecule has 2 aromatic carbocycles. The van der Waals surface area contributed by atoms with E-state index in [1.54, 1.807) is 0 Å². The van der Waals surface area contributed by atoms with Crippen molar-refractivity contribution in [3.63, 3.8) is 0 Å². The molecule has 2 aromatic rings. The fraction of sp³-hybridized carbons (Fsp3) is 0.111. The lowest BCUT2D eigenvalue weighted by Crippen LogP contribution is -2.61. The third-order valence-corrected chi connectivity index (χ3v) is 9.43. The zero-order valence-corrected chi connectivity index (χ0v) is 16.1. The van der Waals surface area contributed by atoms with Crippen molar-refractivity contribution in [3.8, 4) is 0 Å². The molecule has 0 aromatic heterocycles. The molecule has 27 heavy (non-hydrogen) atoms. The van der Waals surface area contributed by atoms with Gasteiger partial charge in [0.1, 0.15) is 9.79 Å². The third-order valence-electron chi connectivity index (χ3n) is 4.50. The Balaban J connectivity index is 2.46. The molecule has 1 aliphatic heterocycles. The highest BCUT2D eigenvalue weighted by molar-refractivity contribution is 7.99. The molecule has 0 fully saturated rings. The number of nitrogens with zero attached hydrogens (tertiary/aromatic N) is 1. The number of hydrogen-bond donors (Lipinski definition) is 0. The van der Waals surface area contributed by atoms with E-state index >= 15 is 0 Å². The Morgan fingerprint density at radius 1 is 0.593 bits per heavy atom. The summed E-state index contributed by atoms with van der Waals surface area (Å²) in [6, 6.07) is 13.2. The van der Waals surface area contributed by atoms with Crippen molar-refractivity contribution in [2.24, 2.45) is 0 Å². The summed E-state index contributed by atoms with van der Waals surface area (Å²) in [5, 5.41) is 0. The van der Waals surface area contributed by atoms with Gasteiger partial charge in [-0.15, -0.1) is 0 Å². The van der Waals surface area contributed by atoms with Gasteiger partial charge in [-0.1, -0.05) is 36.4 Å². The first kappa shape index (κ1) is 19.2. The van der Waals surface area contributed by atoms with Crippen LogP contribution in [-0.4, -0.2) is 31.9 Å². The van der Waals surface area contributed by atoms with Crippen LogP contribution in [0.2, 0.25) is 0 Å². The molecular formula is C18H16NO6S2+. The summed E-state index contributed by atoms with van der Waals surface area (Å²) in [6.07, 6.45) is 0. The van der Waals surface area contributed by atoms with Crippen molar-refractivity contribution in [2.75, 3.05) is 0 Å². The van der Waals surface area contributed by atoms with Crippen LogP contribution in [0, 0.1) is 0 Å². The molecule has 0 bridgehead atoms. The number of hydrogen-bond acceptors (Lipinski definition) is 6. The van der Waals surface area contributed by atoms with E-state index < -0.39 is 44.9 Å². The molecule has 3 rings (SSSR count). The fourth-order valence-corrected chi connectivity index (χ4v) is 7.47. The lowest BCUT2D eigenvalue weighted by atomic mass is 10.2. The van der Waals surface area contributed by atoms with Crippen molar-refractivity contribution in [1.29, 1.82) is 0 Å². The molecule has 0 atom stereocenters. The van der Waals surface area contributed by atoms with E-state index in [0.29, 0.717) is 0 Å². The lowest BCUT2D eigenvalue weighted by molar-refractivity contribution is -0.501. The van der Waals surface area contributed by atoms with Gasteiger partial charge in [-0.05, 0) is 38.1 Å². The zero-order valence-electron chi connectivity index (χ0n) is 14.5. The maximum atomic E-state index is 13.4. The highest BCUT2D eigenvalue weighted by Crippen LogP contribution is 2.41. The van der Waals surface area contributed by atoms with Gasteiger partial charge in [0.25, 0.3) is 0 Å². The summed E-state index contributed by atoms with van der Waals surface area (Å²) in [5.74, 6) is -2.57. The van der Waals surface area contributed by atoms with E-state index in [-0.39, 0.29) is 11.1 Å². The molecule has 0 unspecified atom stereocenters. The van der Waals surface area contributed by atoms with E-state index in [9.17, 15) is 26.4 Å². The summed E-state index contributed by atoms with van der Waals surface area (Å²) in [7, 11) is -9.92. The predicted octanol–water partition coefficient (Wildman–Crippen LogP) is 1.98. The Morgan fingerprint density at radius 3 is 1.19 bits per heavy atom. The Kier molecular flexibility index (Phi) is 4.41. The number of quaternary nitrogens is 1. The lowest BCUT2D eigenvalue weighted by Gasteiger charge is -2.26. The largest absolute Gasteiger partial charge is 0.381 e. The minimum atomic E-state index is -4.96. The highest BCUT2D eigenvalue weighted by Gasteiger charge is 2.71. The van der Waals surface area contributed by atoms with Crippen LogP contribution in [0.3, 0.4) is 0 Å². The second kappa shape index (κ2) is 6.22. The smallest absolute Gasteiger partial charge is 0.223 e. The van der Waals surface area contributed by atoms with Crippen LogP contribution in [0.15, 0.2) is 81.6 Å². The van der Waals surface area contributed by atoms with Crippen LogP contribution in [0.4, 0.5) is 0 Å². The maximum Gasteiger partial charge on any atom is 0.381 e. The first-order valence-electron chi connectivity index (χ1n) is 7.87. The van der Waals surface area contributed by atoms with Gasteiger partial charge in [0, 0.05) is 3.29 Å². The Hall–Kier alpha value is -2.62. The molecule has 0 radical (unpaired) electrons. The van der Waals surface area contributed by atoms with Gasteiger partial charge in [0.15, 0.2) is 0 Å². The van der Waals surface area contributed by atoms with Crippen LogP contribution < -0.4 is 0 Å². The van der Waals surface area contributed by atoms with E-state index in [2.05, 4.69) is 0 Å². The molecule has 140 valence electrons. The number of rotatable bonds is 4. The second-order valence-corrected chi connectivity index (χ2v) is 10.2. The normalized spacial score (nSPS) is 17.4. The number of carbonyl (C=O) groups excluding carboxylic acids is 2. The Morgan fingerprint density at radius 2 is 0.889 bits per heavy atom. The Bertz CT molecular complexity index is 1090. The monoisotopic (exact) mass is 406 g/mol. The molecule has 0 N–H and O–H groups in total. The molecule has 0 aliphatic carbocycles. The van der Waals surface area contributed by atoms with E-state index in [1.165, 1.54) is 50.2 Å². The van der Waals surface area contributed by atoms with Crippen LogP contribution in [0.1, 0.15) is 13.8 Å². The minimum Gasteiger partial charge on any atom is -0.223 e. The quantitative estimate of drug-likeness (QED) is 0.568. The van der Waals surface area contributed by atoms with Gasteiger partial charge < -0.3 is 0 Å².